The molecule has 1 amide bonds. The van der Waals surface area contributed by atoms with Crippen molar-refractivity contribution in [2.45, 2.75) is 25.7 Å². The summed E-state index contributed by atoms with van der Waals surface area (Å²) in [4.78, 5) is 25.4. The second-order valence-corrected chi connectivity index (χ2v) is 7.22. The van der Waals surface area contributed by atoms with Gasteiger partial charge < -0.3 is 14.2 Å². The Hall–Kier alpha value is -2.32. The van der Waals surface area contributed by atoms with Gasteiger partial charge in [-0.15, -0.1) is 0 Å². The minimum atomic E-state index is 0.188. The van der Waals surface area contributed by atoms with Crippen LogP contribution in [-0.4, -0.2) is 76.8 Å². The number of aryl methyl sites for hydroxylation is 1. The Balaban J connectivity index is 1.46. The van der Waals surface area contributed by atoms with E-state index in [0.29, 0.717) is 38.6 Å². The summed E-state index contributed by atoms with van der Waals surface area (Å²) in [6, 6.07) is 1.91. The number of likely N-dealkylation sites (tertiary alicyclic amines) is 1. The summed E-state index contributed by atoms with van der Waals surface area (Å²) in [5.41, 5.74) is 2.70. The van der Waals surface area contributed by atoms with E-state index in [0.717, 1.165) is 42.9 Å². The van der Waals surface area contributed by atoms with Gasteiger partial charge in [0, 0.05) is 37.8 Å². The Bertz CT molecular complexity index is 787. The fourth-order valence-electron chi connectivity index (χ4n) is 3.87. The molecule has 0 unspecified atom stereocenters. The van der Waals surface area contributed by atoms with Crippen LogP contribution in [0, 0.1) is 6.92 Å². The van der Waals surface area contributed by atoms with E-state index in [-0.39, 0.29) is 11.8 Å². The topological polar surface area (TPSA) is 84.6 Å². The molecule has 4 heterocycles. The van der Waals surface area contributed by atoms with Crippen molar-refractivity contribution < 1.29 is 14.1 Å². The average Bonchev–Trinajstić information content (AvgIpc) is 3.15. The van der Waals surface area contributed by atoms with Crippen molar-refractivity contribution in [2.75, 3.05) is 45.9 Å². The molecule has 2 aliphatic rings. The molecule has 0 aliphatic carbocycles. The molecule has 0 radical (unpaired) electrons. The van der Waals surface area contributed by atoms with Crippen LogP contribution in [-0.2, 0) is 9.53 Å². The van der Waals surface area contributed by atoms with E-state index in [4.69, 9.17) is 9.26 Å². The summed E-state index contributed by atoms with van der Waals surface area (Å²) in [6.45, 7) is 6.76. The number of amides is 1. The van der Waals surface area contributed by atoms with Crippen LogP contribution in [0.25, 0.3) is 11.3 Å². The van der Waals surface area contributed by atoms with Gasteiger partial charge in [0.05, 0.1) is 36.7 Å². The van der Waals surface area contributed by atoms with Gasteiger partial charge in [-0.25, -0.2) is 9.97 Å². The first kappa shape index (κ1) is 18.1. The van der Waals surface area contributed by atoms with Crippen LogP contribution in [0.15, 0.2) is 23.1 Å². The molecule has 2 aromatic rings. The molecule has 0 spiro atoms. The first-order chi connectivity index (χ1) is 13.2. The van der Waals surface area contributed by atoms with Gasteiger partial charge in [-0.2, -0.15) is 0 Å². The average molecular weight is 371 g/mol. The van der Waals surface area contributed by atoms with E-state index >= 15 is 0 Å². The van der Waals surface area contributed by atoms with Crippen molar-refractivity contribution in [3.8, 4) is 11.3 Å². The van der Waals surface area contributed by atoms with E-state index in [1.165, 1.54) is 0 Å². The fraction of sp³-hybridized carbons (Fsp3) is 0.579. The molecule has 8 heteroatoms. The highest BCUT2D eigenvalue weighted by atomic mass is 16.5. The zero-order valence-corrected chi connectivity index (χ0v) is 15.6. The minimum absolute atomic E-state index is 0.188. The number of piperidine rings is 1. The summed E-state index contributed by atoms with van der Waals surface area (Å²) in [5.74, 6) is 1.14. The van der Waals surface area contributed by atoms with E-state index in [1.54, 1.807) is 12.5 Å². The van der Waals surface area contributed by atoms with Crippen LogP contribution in [0.3, 0.4) is 0 Å². The maximum atomic E-state index is 12.6. The smallest absolute Gasteiger partial charge is 0.236 e. The highest BCUT2D eigenvalue weighted by molar-refractivity contribution is 5.78. The van der Waals surface area contributed by atoms with Crippen molar-refractivity contribution in [1.82, 2.24) is 24.9 Å². The third-order valence-electron chi connectivity index (χ3n) is 5.25. The van der Waals surface area contributed by atoms with E-state index in [9.17, 15) is 4.79 Å². The molecule has 2 fully saturated rings. The number of carbonyl (C=O) groups excluding carboxylic acids is 1. The molecule has 0 N–H and O–H groups in total. The van der Waals surface area contributed by atoms with Gasteiger partial charge in [0.2, 0.25) is 5.91 Å². The second kappa shape index (κ2) is 8.14. The lowest BCUT2D eigenvalue weighted by Crippen LogP contribution is -2.47. The van der Waals surface area contributed by atoms with Crippen molar-refractivity contribution in [1.29, 1.82) is 0 Å². The normalized spacial score (nSPS) is 21.4. The van der Waals surface area contributed by atoms with Gasteiger partial charge in [-0.3, -0.25) is 9.69 Å². The Morgan fingerprint density at radius 3 is 2.93 bits per heavy atom. The van der Waals surface area contributed by atoms with E-state index in [1.807, 2.05) is 17.9 Å². The fourth-order valence-corrected chi connectivity index (χ4v) is 3.87. The molecular formula is C19H25N5O3. The zero-order valence-electron chi connectivity index (χ0n) is 15.6. The molecule has 8 nitrogen and oxygen atoms in total. The Kier molecular flexibility index (Phi) is 5.45. The maximum Gasteiger partial charge on any atom is 0.236 e. The van der Waals surface area contributed by atoms with Crippen molar-refractivity contribution in [3.05, 3.63) is 30.0 Å². The SMILES string of the molecule is Cc1cc(-c2cncnc2[C@H]2CCCN(CC(=O)N3CCOCC3)C2)on1. The van der Waals surface area contributed by atoms with E-state index < -0.39 is 0 Å². The van der Waals surface area contributed by atoms with Crippen LogP contribution in [0.1, 0.15) is 30.1 Å². The summed E-state index contributed by atoms with van der Waals surface area (Å²) in [6.07, 6.45) is 5.46. The highest BCUT2D eigenvalue weighted by Gasteiger charge is 2.28. The first-order valence-electron chi connectivity index (χ1n) is 9.52. The number of hydrogen-bond donors (Lipinski definition) is 0. The van der Waals surface area contributed by atoms with Crippen LogP contribution in [0.2, 0.25) is 0 Å². The van der Waals surface area contributed by atoms with Gasteiger partial charge in [0.15, 0.2) is 5.76 Å². The number of nitrogens with zero attached hydrogens (tertiary/aromatic N) is 5. The Morgan fingerprint density at radius 2 is 2.15 bits per heavy atom. The van der Waals surface area contributed by atoms with Crippen LogP contribution >= 0.6 is 0 Å². The molecule has 0 bridgehead atoms. The predicted molar refractivity (Wildman–Crippen MR) is 98.1 cm³/mol. The van der Waals surface area contributed by atoms with E-state index in [2.05, 4.69) is 20.0 Å². The monoisotopic (exact) mass is 371 g/mol. The largest absolute Gasteiger partial charge is 0.378 e. The molecule has 4 rings (SSSR count). The summed E-state index contributed by atoms with van der Waals surface area (Å²) >= 11 is 0. The predicted octanol–water partition coefficient (Wildman–Crippen LogP) is 1.48. The Morgan fingerprint density at radius 1 is 1.30 bits per heavy atom. The molecule has 2 aromatic heterocycles. The number of hydrogen-bond acceptors (Lipinski definition) is 7. The van der Waals surface area contributed by atoms with Crippen molar-refractivity contribution in [2.24, 2.45) is 0 Å². The van der Waals surface area contributed by atoms with Crippen molar-refractivity contribution >= 4 is 5.91 Å². The van der Waals surface area contributed by atoms with Crippen LogP contribution < -0.4 is 0 Å². The van der Waals surface area contributed by atoms with Gasteiger partial charge >= 0.3 is 0 Å². The summed E-state index contributed by atoms with van der Waals surface area (Å²) in [7, 11) is 0. The molecule has 144 valence electrons. The quantitative estimate of drug-likeness (QED) is 0.805. The molecule has 27 heavy (non-hydrogen) atoms. The maximum absolute atomic E-state index is 12.6. The number of ether oxygens (including phenoxy) is 1. The third-order valence-corrected chi connectivity index (χ3v) is 5.25. The molecule has 1 atom stereocenters. The van der Waals surface area contributed by atoms with Crippen molar-refractivity contribution in [3.63, 3.8) is 0 Å². The first-order valence-corrected chi connectivity index (χ1v) is 9.52. The molecule has 0 aromatic carbocycles. The number of morpholine rings is 1. The number of rotatable bonds is 4. The van der Waals surface area contributed by atoms with Gasteiger partial charge in [-0.1, -0.05) is 5.16 Å². The van der Waals surface area contributed by atoms with Gasteiger partial charge in [0.25, 0.3) is 0 Å². The summed E-state index contributed by atoms with van der Waals surface area (Å²) in [5, 5.41) is 3.98. The lowest BCUT2D eigenvalue weighted by Gasteiger charge is -2.34. The minimum Gasteiger partial charge on any atom is -0.378 e. The van der Waals surface area contributed by atoms with Gasteiger partial charge in [0.1, 0.15) is 6.33 Å². The molecule has 2 saturated heterocycles. The number of carbonyl (C=O) groups is 1. The Labute approximate surface area is 158 Å². The van der Waals surface area contributed by atoms with Gasteiger partial charge in [-0.05, 0) is 26.3 Å². The molecular weight excluding hydrogens is 346 g/mol. The molecule has 0 saturated carbocycles. The third kappa shape index (κ3) is 4.17. The lowest BCUT2D eigenvalue weighted by atomic mass is 9.91. The highest BCUT2D eigenvalue weighted by Crippen LogP contribution is 2.32. The molecule has 2 aliphatic heterocycles. The lowest BCUT2D eigenvalue weighted by molar-refractivity contribution is -0.136. The number of aromatic nitrogens is 3. The van der Waals surface area contributed by atoms with Crippen LogP contribution in [0.5, 0.6) is 0 Å². The summed E-state index contributed by atoms with van der Waals surface area (Å²) < 4.78 is 10.8. The standard InChI is InChI=1S/C19H25N5O3/c1-14-9-17(27-22-14)16-10-20-13-21-19(16)15-3-2-4-23(11-15)12-18(25)24-5-7-26-8-6-24/h9-10,13,15H,2-8,11-12H2,1H3/t15-/m0/s1. The van der Waals surface area contributed by atoms with Crippen LogP contribution in [0.4, 0.5) is 0 Å². The second-order valence-electron chi connectivity index (χ2n) is 7.22. The zero-order chi connectivity index (χ0) is 18.6.